The first kappa shape index (κ1) is 22.5. The van der Waals surface area contributed by atoms with Crippen LogP contribution in [-0.4, -0.2) is 48.0 Å². The largest absolute Gasteiger partial charge is 0.494 e. The molecule has 1 aromatic carbocycles. The number of alkyl halides is 3. The summed E-state index contributed by atoms with van der Waals surface area (Å²) in [4.78, 5) is 20.3. The minimum atomic E-state index is -4.68. The third-order valence-electron chi connectivity index (χ3n) is 4.51. The molecule has 0 unspecified atom stereocenters. The standard InChI is InChI=1S/C19H19F3N4O4S/c1-26-14-9-13(25-18(27)11-5-4-6-16(23-11)19(20,21)22)15(30-2)10-12(14)24-17(26)7-8-31(3,28)29/h4-6,9-10H,7-8H2,1-3H3,(H,25,27). The number of amides is 1. The highest BCUT2D eigenvalue weighted by Crippen LogP contribution is 2.31. The summed E-state index contributed by atoms with van der Waals surface area (Å²) in [6, 6.07) is 6.14. The van der Waals surface area contributed by atoms with Gasteiger partial charge in [-0.3, -0.25) is 4.79 Å². The number of carbonyl (C=O) groups excluding carboxylic acids is 1. The van der Waals surface area contributed by atoms with Crippen LogP contribution in [0.4, 0.5) is 18.9 Å². The van der Waals surface area contributed by atoms with Crippen LogP contribution in [-0.2, 0) is 29.5 Å². The lowest BCUT2D eigenvalue weighted by Crippen LogP contribution is -2.17. The smallest absolute Gasteiger partial charge is 0.433 e. The number of nitrogens with one attached hydrogen (secondary N) is 1. The molecular formula is C19H19F3N4O4S. The Balaban J connectivity index is 1.94. The van der Waals surface area contributed by atoms with Gasteiger partial charge in [0.25, 0.3) is 5.91 Å². The normalized spacial score (nSPS) is 12.2. The van der Waals surface area contributed by atoms with Gasteiger partial charge >= 0.3 is 6.18 Å². The third kappa shape index (κ3) is 5.13. The fourth-order valence-electron chi connectivity index (χ4n) is 2.94. The number of fused-ring (bicyclic) bond motifs is 1. The fraction of sp³-hybridized carbons (Fsp3) is 0.316. The summed E-state index contributed by atoms with van der Waals surface area (Å²) < 4.78 is 68.5. The lowest BCUT2D eigenvalue weighted by molar-refractivity contribution is -0.141. The number of nitrogens with zero attached hydrogens (tertiary/aromatic N) is 3. The zero-order valence-corrected chi connectivity index (χ0v) is 17.6. The van der Waals surface area contributed by atoms with Crippen molar-refractivity contribution in [3.8, 4) is 5.75 Å². The highest BCUT2D eigenvalue weighted by molar-refractivity contribution is 7.90. The molecule has 12 heteroatoms. The first-order valence-corrected chi connectivity index (χ1v) is 11.0. The number of hydrogen-bond donors (Lipinski definition) is 1. The Bertz CT molecular complexity index is 1250. The molecule has 0 fully saturated rings. The van der Waals surface area contributed by atoms with E-state index in [-0.39, 0.29) is 23.6 Å². The van der Waals surface area contributed by atoms with Gasteiger partial charge in [0.2, 0.25) is 0 Å². The maximum absolute atomic E-state index is 12.9. The van der Waals surface area contributed by atoms with Gasteiger partial charge in [0.15, 0.2) is 0 Å². The van der Waals surface area contributed by atoms with Crippen molar-refractivity contribution in [2.75, 3.05) is 24.4 Å². The second kappa shape index (κ2) is 8.17. The van der Waals surface area contributed by atoms with Crippen LogP contribution >= 0.6 is 0 Å². The number of carbonyl (C=O) groups is 1. The van der Waals surface area contributed by atoms with Gasteiger partial charge in [-0.25, -0.2) is 18.4 Å². The van der Waals surface area contributed by atoms with Crippen LogP contribution in [0.25, 0.3) is 11.0 Å². The minimum absolute atomic E-state index is 0.0773. The number of sulfone groups is 1. The summed E-state index contributed by atoms with van der Waals surface area (Å²) in [6.45, 7) is 0. The zero-order chi connectivity index (χ0) is 23.0. The van der Waals surface area contributed by atoms with Crippen LogP contribution in [0.3, 0.4) is 0 Å². The van der Waals surface area contributed by atoms with E-state index < -0.39 is 33.3 Å². The number of aryl methyl sites for hydroxylation is 2. The van der Waals surface area contributed by atoms with E-state index in [0.717, 1.165) is 18.4 Å². The molecule has 0 aliphatic carbocycles. The van der Waals surface area contributed by atoms with Gasteiger partial charge in [0, 0.05) is 25.8 Å². The van der Waals surface area contributed by atoms with Crippen LogP contribution in [0.1, 0.15) is 22.0 Å². The van der Waals surface area contributed by atoms with Gasteiger partial charge in [-0.1, -0.05) is 6.07 Å². The predicted octanol–water partition coefficient (Wildman–Crippen LogP) is 2.84. The number of imidazole rings is 1. The number of hydrogen-bond acceptors (Lipinski definition) is 6. The number of methoxy groups -OCH3 is 1. The fourth-order valence-corrected chi connectivity index (χ4v) is 3.49. The molecule has 2 aromatic heterocycles. The molecule has 166 valence electrons. The van der Waals surface area contributed by atoms with Gasteiger partial charge in [-0.15, -0.1) is 0 Å². The summed E-state index contributed by atoms with van der Waals surface area (Å²) in [5, 5.41) is 2.51. The number of anilines is 1. The summed E-state index contributed by atoms with van der Waals surface area (Å²) in [5.41, 5.74) is -0.285. The van der Waals surface area contributed by atoms with Crippen molar-refractivity contribution in [3.63, 3.8) is 0 Å². The van der Waals surface area contributed by atoms with Crippen LogP contribution in [0.5, 0.6) is 5.75 Å². The molecule has 0 aliphatic heterocycles. The molecule has 1 amide bonds. The number of rotatable bonds is 6. The molecule has 0 spiro atoms. The van der Waals surface area contributed by atoms with Crippen molar-refractivity contribution in [3.05, 3.63) is 47.5 Å². The zero-order valence-electron chi connectivity index (χ0n) is 16.8. The average Bonchev–Trinajstić information content (AvgIpc) is 2.99. The Morgan fingerprint density at radius 1 is 1.23 bits per heavy atom. The molecule has 31 heavy (non-hydrogen) atoms. The number of aromatic nitrogens is 3. The van der Waals surface area contributed by atoms with Gasteiger partial charge in [-0.05, 0) is 18.2 Å². The van der Waals surface area contributed by atoms with E-state index in [4.69, 9.17) is 4.74 Å². The first-order valence-electron chi connectivity index (χ1n) is 8.95. The summed E-state index contributed by atoms with van der Waals surface area (Å²) in [6.07, 6.45) is -3.35. The van der Waals surface area contributed by atoms with E-state index in [9.17, 15) is 26.4 Å². The number of pyridine rings is 1. The van der Waals surface area contributed by atoms with Crippen LogP contribution in [0.2, 0.25) is 0 Å². The molecule has 1 N–H and O–H groups in total. The second-order valence-corrected chi connectivity index (χ2v) is 9.13. The summed E-state index contributed by atoms with van der Waals surface area (Å²) >= 11 is 0. The highest BCUT2D eigenvalue weighted by atomic mass is 32.2. The predicted molar refractivity (Wildman–Crippen MR) is 108 cm³/mol. The van der Waals surface area contributed by atoms with E-state index in [1.807, 2.05) is 0 Å². The molecule has 3 aromatic rings. The number of halogens is 3. The van der Waals surface area contributed by atoms with Crippen LogP contribution < -0.4 is 10.1 Å². The topological polar surface area (TPSA) is 103 Å². The molecule has 0 saturated carbocycles. The van der Waals surface area contributed by atoms with E-state index >= 15 is 0 Å². The van der Waals surface area contributed by atoms with E-state index in [1.165, 1.54) is 13.2 Å². The van der Waals surface area contributed by atoms with E-state index in [2.05, 4.69) is 15.3 Å². The highest BCUT2D eigenvalue weighted by Gasteiger charge is 2.33. The van der Waals surface area contributed by atoms with Crippen molar-refractivity contribution >= 4 is 32.5 Å². The average molecular weight is 456 g/mol. The molecular weight excluding hydrogens is 437 g/mol. The third-order valence-corrected chi connectivity index (χ3v) is 5.46. The van der Waals surface area contributed by atoms with E-state index in [1.54, 1.807) is 23.7 Å². The molecule has 8 nitrogen and oxygen atoms in total. The van der Waals surface area contributed by atoms with Gasteiger partial charge in [-0.2, -0.15) is 13.2 Å². The molecule has 2 heterocycles. The van der Waals surface area contributed by atoms with Gasteiger partial charge in [0.05, 0.1) is 29.6 Å². The molecule has 0 saturated heterocycles. The van der Waals surface area contributed by atoms with Crippen LogP contribution in [0, 0.1) is 0 Å². The first-order chi connectivity index (χ1) is 14.4. The maximum atomic E-state index is 12.9. The monoisotopic (exact) mass is 456 g/mol. The summed E-state index contributed by atoms with van der Waals surface area (Å²) in [7, 11) is -0.118. The van der Waals surface area contributed by atoms with Crippen LogP contribution in [0.15, 0.2) is 30.3 Å². The molecule has 0 aliphatic rings. The van der Waals surface area contributed by atoms with Gasteiger partial charge in [0.1, 0.15) is 32.8 Å². The Morgan fingerprint density at radius 3 is 2.55 bits per heavy atom. The minimum Gasteiger partial charge on any atom is -0.494 e. The molecule has 0 atom stereocenters. The molecule has 3 rings (SSSR count). The molecule has 0 bridgehead atoms. The lowest BCUT2D eigenvalue weighted by atomic mass is 10.2. The Morgan fingerprint density at radius 2 is 1.94 bits per heavy atom. The van der Waals surface area contributed by atoms with Crippen molar-refractivity contribution < 1.29 is 31.1 Å². The Labute approximate surface area is 176 Å². The Kier molecular flexibility index (Phi) is 5.94. The summed E-state index contributed by atoms with van der Waals surface area (Å²) in [5.74, 6) is -0.166. The maximum Gasteiger partial charge on any atom is 0.433 e. The van der Waals surface area contributed by atoms with E-state index in [0.29, 0.717) is 16.9 Å². The Hall–Kier alpha value is -3.15. The van der Waals surface area contributed by atoms with Gasteiger partial charge < -0.3 is 14.6 Å². The van der Waals surface area contributed by atoms with Crippen molar-refractivity contribution in [1.82, 2.24) is 14.5 Å². The quantitative estimate of drug-likeness (QED) is 0.612. The van der Waals surface area contributed by atoms with Crippen molar-refractivity contribution in [2.45, 2.75) is 12.6 Å². The van der Waals surface area contributed by atoms with Crippen molar-refractivity contribution in [1.29, 1.82) is 0 Å². The SMILES string of the molecule is COc1cc2nc(CCS(C)(=O)=O)n(C)c2cc1NC(=O)c1cccc(C(F)(F)F)n1. The second-order valence-electron chi connectivity index (χ2n) is 6.87. The molecule has 0 radical (unpaired) electrons. The number of ether oxygens (including phenoxy) is 1. The van der Waals surface area contributed by atoms with Crippen molar-refractivity contribution in [2.24, 2.45) is 7.05 Å². The lowest BCUT2D eigenvalue weighted by Gasteiger charge is -2.12. The number of benzene rings is 1.